The van der Waals surface area contributed by atoms with Gasteiger partial charge in [-0.15, -0.1) is 0 Å². The number of aromatic nitrogens is 2. The molecule has 29 heavy (non-hydrogen) atoms. The van der Waals surface area contributed by atoms with Crippen LogP contribution in [0, 0.1) is 6.92 Å². The van der Waals surface area contributed by atoms with Crippen molar-refractivity contribution in [3.63, 3.8) is 0 Å². The summed E-state index contributed by atoms with van der Waals surface area (Å²) in [5, 5.41) is 6.02. The van der Waals surface area contributed by atoms with Gasteiger partial charge >= 0.3 is 0 Å². The lowest BCUT2D eigenvalue weighted by Gasteiger charge is -2.08. The Morgan fingerprint density at radius 3 is 2.41 bits per heavy atom. The summed E-state index contributed by atoms with van der Waals surface area (Å²) in [4.78, 5) is 20.5. The number of amides is 1. The molecular formula is C22H22N4O3. The van der Waals surface area contributed by atoms with Gasteiger partial charge in [0.05, 0.1) is 14.2 Å². The van der Waals surface area contributed by atoms with E-state index in [9.17, 15) is 4.79 Å². The number of rotatable bonds is 7. The van der Waals surface area contributed by atoms with E-state index in [1.54, 1.807) is 38.5 Å². The molecule has 0 aliphatic carbocycles. The third-order valence-electron chi connectivity index (χ3n) is 4.08. The molecular weight excluding hydrogens is 368 g/mol. The Bertz CT molecular complexity index is 1020. The van der Waals surface area contributed by atoms with Gasteiger partial charge in [0, 0.05) is 34.8 Å². The standard InChI is InChI=1S/C22H22N4O3/c1-15-12-21(24-14-23-15)25-17-5-7-18(8-6-17)26-22(27)11-4-16-13-19(28-2)9-10-20(16)29-3/h4-14H,1-3H3,(H,26,27)(H,23,24,25)/b11-4+. The summed E-state index contributed by atoms with van der Waals surface area (Å²) in [5.41, 5.74) is 3.17. The van der Waals surface area contributed by atoms with Gasteiger partial charge in [0.2, 0.25) is 5.91 Å². The first-order valence-electron chi connectivity index (χ1n) is 8.94. The number of carbonyl (C=O) groups excluding carboxylic acids is 1. The van der Waals surface area contributed by atoms with Gasteiger partial charge < -0.3 is 20.1 Å². The molecule has 0 fully saturated rings. The molecule has 1 amide bonds. The molecule has 1 aromatic heterocycles. The van der Waals surface area contributed by atoms with Crippen molar-refractivity contribution in [1.82, 2.24) is 9.97 Å². The van der Waals surface area contributed by atoms with E-state index < -0.39 is 0 Å². The molecule has 1 heterocycles. The van der Waals surface area contributed by atoms with Crippen molar-refractivity contribution in [1.29, 1.82) is 0 Å². The molecule has 0 saturated carbocycles. The second kappa shape index (κ2) is 9.36. The minimum absolute atomic E-state index is 0.248. The van der Waals surface area contributed by atoms with E-state index in [0.717, 1.165) is 16.9 Å². The van der Waals surface area contributed by atoms with E-state index >= 15 is 0 Å². The number of benzene rings is 2. The molecule has 7 nitrogen and oxygen atoms in total. The Balaban J connectivity index is 1.63. The SMILES string of the molecule is COc1ccc(OC)c(/C=C/C(=O)Nc2ccc(Nc3cc(C)ncn3)cc2)c1. The Labute approximate surface area is 169 Å². The molecule has 3 aromatic rings. The number of nitrogens with one attached hydrogen (secondary N) is 2. The van der Waals surface area contributed by atoms with Gasteiger partial charge in [0.25, 0.3) is 0 Å². The lowest BCUT2D eigenvalue weighted by molar-refractivity contribution is -0.111. The summed E-state index contributed by atoms with van der Waals surface area (Å²) in [5.74, 6) is 1.81. The summed E-state index contributed by atoms with van der Waals surface area (Å²) in [6.07, 6.45) is 4.65. The van der Waals surface area contributed by atoms with E-state index in [4.69, 9.17) is 9.47 Å². The van der Waals surface area contributed by atoms with Crippen molar-refractivity contribution in [2.24, 2.45) is 0 Å². The molecule has 0 atom stereocenters. The number of methoxy groups -OCH3 is 2. The van der Waals surface area contributed by atoms with Crippen LogP contribution in [0.25, 0.3) is 6.08 Å². The van der Waals surface area contributed by atoms with Crippen LogP contribution >= 0.6 is 0 Å². The van der Waals surface area contributed by atoms with Crippen LogP contribution < -0.4 is 20.1 Å². The summed E-state index contributed by atoms with van der Waals surface area (Å²) in [6.45, 7) is 1.90. The average Bonchev–Trinajstić information content (AvgIpc) is 2.73. The maximum absolute atomic E-state index is 12.3. The first-order chi connectivity index (χ1) is 14.1. The fourth-order valence-corrected chi connectivity index (χ4v) is 2.63. The van der Waals surface area contributed by atoms with Crippen LogP contribution in [0.3, 0.4) is 0 Å². The van der Waals surface area contributed by atoms with Crippen LogP contribution in [0.5, 0.6) is 11.5 Å². The Hall–Kier alpha value is -3.87. The van der Waals surface area contributed by atoms with Crippen LogP contribution in [0.4, 0.5) is 17.2 Å². The molecule has 2 N–H and O–H groups in total. The highest BCUT2D eigenvalue weighted by molar-refractivity contribution is 6.02. The fraction of sp³-hybridized carbons (Fsp3) is 0.136. The minimum atomic E-state index is -0.248. The second-order valence-electron chi connectivity index (χ2n) is 6.18. The molecule has 0 radical (unpaired) electrons. The van der Waals surface area contributed by atoms with Gasteiger partial charge in [0.15, 0.2) is 0 Å². The Morgan fingerprint density at radius 2 is 1.72 bits per heavy atom. The molecule has 3 rings (SSSR count). The van der Waals surface area contributed by atoms with Crippen molar-refractivity contribution in [3.8, 4) is 11.5 Å². The third-order valence-corrected chi connectivity index (χ3v) is 4.08. The normalized spacial score (nSPS) is 10.6. The Morgan fingerprint density at radius 1 is 0.966 bits per heavy atom. The molecule has 7 heteroatoms. The molecule has 0 unspecified atom stereocenters. The molecule has 2 aromatic carbocycles. The van der Waals surface area contributed by atoms with Gasteiger partial charge in [-0.05, 0) is 55.5 Å². The highest BCUT2D eigenvalue weighted by atomic mass is 16.5. The second-order valence-corrected chi connectivity index (χ2v) is 6.18. The topological polar surface area (TPSA) is 85.4 Å². The van der Waals surface area contributed by atoms with E-state index in [-0.39, 0.29) is 5.91 Å². The highest BCUT2D eigenvalue weighted by Gasteiger charge is 2.04. The molecule has 0 aliphatic heterocycles. The van der Waals surface area contributed by atoms with E-state index in [1.807, 2.05) is 37.3 Å². The number of aryl methyl sites for hydroxylation is 1. The monoisotopic (exact) mass is 390 g/mol. The lowest BCUT2D eigenvalue weighted by atomic mass is 10.1. The van der Waals surface area contributed by atoms with Crippen LogP contribution in [0.1, 0.15) is 11.3 Å². The quantitative estimate of drug-likeness (QED) is 0.588. The van der Waals surface area contributed by atoms with E-state index in [0.29, 0.717) is 23.0 Å². The molecule has 0 aliphatic rings. The zero-order valence-corrected chi connectivity index (χ0v) is 16.5. The lowest BCUT2D eigenvalue weighted by Crippen LogP contribution is -2.07. The van der Waals surface area contributed by atoms with Gasteiger partial charge in [-0.25, -0.2) is 9.97 Å². The smallest absolute Gasteiger partial charge is 0.248 e. The van der Waals surface area contributed by atoms with Crippen molar-refractivity contribution in [2.45, 2.75) is 6.92 Å². The predicted molar refractivity (Wildman–Crippen MR) is 114 cm³/mol. The zero-order valence-electron chi connectivity index (χ0n) is 16.5. The maximum atomic E-state index is 12.3. The minimum Gasteiger partial charge on any atom is -0.497 e. The number of nitrogens with zero attached hydrogens (tertiary/aromatic N) is 2. The summed E-state index contributed by atoms with van der Waals surface area (Å²) in [6, 6.07) is 14.6. The van der Waals surface area contributed by atoms with Crippen LogP contribution in [-0.4, -0.2) is 30.1 Å². The Kier molecular flexibility index (Phi) is 6.42. The van der Waals surface area contributed by atoms with E-state index in [1.165, 1.54) is 12.4 Å². The average molecular weight is 390 g/mol. The molecule has 0 saturated heterocycles. The van der Waals surface area contributed by atoms with E-state index in [2.05, 4.69) is 20.6 Å². The summed E-state index contributed by atoms with van der Waals surface area (Å²) >= 11 is 0. The van der Waals surface area contributed by atoms with Gasteiger partial charge in [0.1, 0.15) is 23.6 Å². The number of carbonyl (C=O) groups is 1. The highest BCUT2D eigenvalue weighted by Crippen LogP contribution is 2.25. The first-order valence-corrected chi connectivity index (χ1v) is 8.94. The van der Waals surface area contributed by atoms with Gasteiger partial charge in [-0.2, -0.15) is 0 Å². The van der Waals surface area contributed by atoms with Crippen molar-refractivity contribution in [2.75, 3.05) is 24.9 Å². The van der Waals surface area contributed by atoms with Gasteiger partial charge in [-0.1, -0.05) is 0 Å². The molecule has 148 valence electrons. The molecule has 0 bridgehead atoms. The van der Waals surface area contributed by atoms with Crippen molar-refractivity contribution < 1.29 is 14.3 Å². The maximum Gasteiger partial charge on any atom is 0.248 e. The third kappa shape index (κ3) is 5.55. The number of hydrogen-bond donors (Lipinski definition) is 2. The zero-order chi connectivity index (χ0) is 20.6. The molecule has 0 spiro atoms. The number of hydrogen-bond acceptors (Lipinski definition) is 6. The summed E-state index contributed by atoms with van der Waals surface area (Å²) in [7, 11) is 3.17. The predicted octanol–water partition coefficient (Wildman–Crippen LogP) is 4.20. The fourth-order valence-electron chi connectivity index (χ4n) is 2.63. The van der Waals surface area contributed by atoms with Crippen LogP contribution in [-0.2, 0) is 4.79 Å². The number of ether oxygens (including phenoxy) is 2. The van der Waals surface area contributed by atoms with Crippen LogP contribution in [0.15, 0.2) is 60.9 Å². The largest absolute Gasteiger partial charge is 0.497 e. The van der Waals surface area contributed by atoms with Crippen molar-refractivity contribution >= 4 is 29.2 Å². The number of anilines is 3. The first kappa shape index (κ1) is 19.9. The van der Waals surface area contributed by atoms with Crippen LogP contribution in [0.2, 0.25) is 0 Å². The van der Waals surface area contributed by atoms with Crippen molar-refractivity contribution in [3.05, 3.63) is 72.2 Å². The van der Waals surface area contributed by atoms with Gasteiger partial charge in [-0.3, -0.25) is 4.79 Å². The summed E-state index contributed by atoms with van der Waals surface area (Å²) < 4.78 is 10.5.